The van der Waals surface area contributed by atoms with Crippen LogP contribution in [-0.4, -0.2) is 31.1 Å². The molecule has 6 nitrogen and oxygen atoms in total. The van der Waals surface area contributed by atoms with Crippen LogP contribution in [0.25, 0.3) is 0 Å². The van der Waals surface area contributed by atoms with E-state index in [1.54, 1.807) is 15.7 Å². The van der Waals surface area contributed by atoms with Gasteiger partial charge in [0, 0.05) is 7.05 Å². The number of rotatable bonds is 6. The van der Waals surface area contributed by atoms with Crippen molar-refractivity contribution in [1.82, 2.24) is 29.9 Å². The number of nitrogens with zero attached hydrogens (tertiary/aromatic N) is 5. The van der Waals surface area contributed by atoms with E-state index in [0.29, 0.717) is 24.0 Å². The maximum absolute atomic E-state index is 6.23. The second-order valence-electron chi connectivity index (χ2n) is 5.35. The fraction of sp³-hybridized carbons (Fsp3) is 0.615. The molecule has 2 aromatic heterocycles. The maximum Gasteiger partial charge on any atom is 0.164 e. The molecule has 0 saturated heterocycles. The summed E-state index contributed by atoms with van der Waals surface area (Å²) in [4.78, 5) is 4.29. The molecule has 0 bridgehead atoms. The first-order valence-electron chi connectivity index (χ1n) is 6.74. The number of aromatic nitrogens is 5. The van der Waals surface area contributed by atoms with Gasteiger partial charge in [-0.05, 0) is 19.4 Å². The zero-order chi connectivity index (χ0) is 14.7. The van der Waals surface area contributed by atoms with Crippen molar-refractivity contribution >= 4 is 11.6 Å². The Bertz CT molecular complexity index is 571. The molecule has 0 fully saturated rings. The third-order valence-corrected chi connectivity index (χ3v) is 3.48. The summed E-state index contributed by atoms with van der Waals surface area (Å²) in [5.41, 5.74) is 1.78. The summed E-state index contributed by atoms with van der Waals surface area (Å²) in [5.74, 6) is 1.41. The summed E-state index contributed by atoms with van der Waals surface area (Å²) < 4.78 is 3.57. The van der Waals surface area contributed by atoms with Gasteiger partial charge in [-0.3, -0.25) is 4.68 Å². The van der Waals surface area contributed by atoms with Crippen LogP contribution in [0.2, 0.25) is 5.02 Å². The maximum atomic E-state index is 6.23. The zero-order valence-corrected chi connectivity index (χ0v) is 13.1. The van der Waals surface area contributed by atoms with Gasteiger partial charge in [-0.15, -0.1) is 0 Å². The van der Waals surface area contributed by atoms with Gasteiger partial charge in [0.05, 0.1) is 29.5 Å². The Kier molecular flexibility index (Phi) is 4.77. The minimum absolute atomic E-state index is 0.577. The normalized spacial score (nSPS) is 11.5. The summed E-state index contributed by atoms with van der Waals surface area (Å²) in [7, 11) is 1.89. The van der Waals surface area contributed by atoms with Gasteiger partial charge in [-0.1, -0.05) is 25.4 Å². The van der Waals surface area contributed by atoms with Crippen LogP contribution >= 0.6 is 11.6 Å². The van der Waals surface area contributed by atoms with E-state index in [-0.39, 0.29) is 0 Å². The monoisotopic (exact) mass is 296 g/mol. The first-order chi connectivity index (χ1) is 9.47. The van der Waals surface area contributed by atoms with Crippen LogP contribution in [0.3, 0.4) is 0 Å². The van der Waals surface area contributed by atoms with Crippen molar-refractivity contribution in [3.05, 3.63) is 28.6 Å². The number of halogens is 1. The molecule has 0 spiro atoms. The zero-order valence-electron chi connectivity index (χ0n) is 12.4. The topological polar surface area (TPSA) is 60.6 Å². The molecule has 0 amide bonds. The molecule has 0 atom stereocenters. The van der Waals surface area contributed by atoms with Crippen LogP contribution in [0.15, 0.2) is 6.33 Å². The van der Waals surface area contributed by atoms with Gasteiger partial charge in [-0.2, -0.15) is 10.2 Å². The Labute approximate surface area is 124 Å². The predicted molar refractivity (Wildman–Crippen MR) is 78.6 cm³/mol. The molecule has 2 heterocycles. The Morgan fingerprint density at radius 2 is 2.10 bits per heavy atom. The first kappa shape index (κ1) is 15.0. The lowest BCUT2D eigenvalue weighted by atomic mass is 10.2. The molecule has 0 aliphatic heterocycles. The summed E-state index contributed by atoms with van der Waals surface area (Å²) in [5, 5.41) is 12.8. The Morgan fingerprint density at radius 1 is 1.35 bits per heavy atom. The van der Waals surface area contributed by atoms with Gasteiger partial charge in [0.25, 0.3) is 0 Å². The average Bonchev–Trinajstić information content (AvgIpc) is 2.90. The molecule has 0 unspecified atom stereocenters. The minimum atomic E-state index is 0.577. The molecule has 0 radical (unpaired) electrons. The molecule has 1 N–H and O–H groups in total. The fourth-order valence-electron chi connectivity index (χ4n) is 1.97. The molecular formula is C13H21ClN6. The lowest BCUT2D eigenvalue weighted by Gasteiger charge is -2.04. The standard InChI is InChI=1S/C13H21ClN6/c1-9(2)5-15-6-12-16-8-20(18-12)7-11-13(14)10(3)17-19(11)4/h8-9,15H,5-7H2,1-4H3. The number of hydrogen-bond acceptors (Lipinski definition) is 4. The molecule has 0 aromatic carbocycles. The summed E-state index contributed by atoms with van der Waals surface area (Å²) in [6.07, 6.45) is 1.73. The van der Waals surface area contributed by atoms with Crippen LogP contribution in [0.5, 0.6) is 0 Å². The molecular weight excluding hydrogens is 276 g/mol. The third-order valence-electron chi connectivity index (χ3n) is 2.99. The van der Waals surface area contributed by atoms with E-state index in [1.807, 2.05) is 14.0 Å². The van der Waals surface area contributed by atoms with E-state index < -0.39 is 0 Å². The van der Waals surface area contributed by atoms with Crippen molar-refractivity contribution < 1.29 is 0 Å². The highest BCUT2D eigenvalue weighted by atomic mass is 35.5. The highest BCUT2D eigenvalue weighted by Gasteiger charge is 2.12. The molecule has 110 valence electrons. The van der Waals surface area contributed by atoms with Gasteiger partial charge in [0.1, 0.15) is 6.33 Å². The lowest BCUT2D eigenvalue weighted by molar-refractivity contribution is 0.538. The van der Waals surface area contributed by atoms with Crippen LogP contribution in [0.4, 0.5) is 0 Å². The van der Waals surface area contributed by atoms with Gasteiger partial charge >= 0.3 is 0 Å². The van der Waals surface area contributed by atoms with Crippen LogP contribution in [0, 0.1) is 12.8 Å². The SMILES string of the molecule is Cc1nn(C)c(Cn2cnc(CNCC(C)C)n2)c1Cl. The Balaban J connectivity index is 1.99. The van der Waals surface area contributed by atoms with Crippen LogP contribution in [-0.2, 0) is 20.1 Å². The number of hydrogen-bond donors (Lipinski definition) is 1. The van der Waals surface area contributed by atoms with Crippen molar-refractivity contribution in [3.8, 4) is 0 Å². The smallest absolute Gasteiger partial charge is 0.164 e. The van der Waals surface area contributed by atoms with E-state index in [9.17, 15) is 0 Å². The molecule has 0 saturated carbocycles. The highest BCUT2D eigenvalue weighted by molar-refractivity contribution is 6.31. The molecule has 2 aromatic rings. The molecule has 20 heavy (non-hydrogen) atoms. The molecule has 0 aliphatic rings. The van der Waals surface area contributed by atoms with Crippen molar-refractivity contribution in [2.24, 2.45) is 13.0 Å². The van der Waals surface area contributed by atoms with E-state index in [1.165, 1.54) is 0 Å². The van der Waals surface area contributed by atoms with Crippen molar-refractivity contribution in [1.29, 1.82) is 0 Å². The Morgan fingerprint density at radius 3 is 2.70 bits per heavy atom. The van der Waals surface area contributed by atoms with E-state index in [0.717, 1.165) is 23.8 Å². The Hall–Kier alpha value is -1.40. The first-order valence-corrected chi connectivity index (χ1v) is 7.12. The number of aryl methyl sites for hydroxylation is 2. The molecule has 7 heteroatoms. The summed E-state index contributed by atoms with van der Waals surface area (Å²) in [6, 6.07) is 0. The predicted octanol–water partition coefficient (Wildman–Crippen LogP) is 1.77. The summed E-state index contributed by atoms with van der Waals surface area (Å²) >= 11 is 6.23. The van der Waals surface area contributed by atoms with E-state index >= 15 is 0 Å². The fourth-order valence-corrected chi connectivity index (χ4v) is 2.19. The van der Waals surface area contributed by atoms with Crippen molar-refractivity contribution in [2.75, 3.05) is 6.54 Å². The van der Waals surface area contributed by atoms with Crippen molar-refractivity contribution in [2.45, 2.75) is 33.9 Å². The van der Waals surface area contributed by atoms with Gasteiger partial charge < -0.3 is 5.32 Å². The number of nitrogens with one attached hydrogen (secondary N) is 1. The van der Waals surface area contributed by atoms with Crippen molar-refractivity contribution in [3.63, 3.8) is 0 Å². The molecule has 2 rings (SSSR count). The second kappa shape index (κ2) is 6.37. The average molecular weight is 297 g/mol. The highest BCUT2D eigenvalue weighted by Crippen LogP contribution is 2.19. The van der Waals surface area contributed by atoms with Gasteiger partial charge in [0.2, 0.25) is 0 Å². The second-order valence-corrected chi connectivity index (χ2v) is 5.73. The molecule has 0 aliphatic carbocycles. The van der Waals surface area contributed by atoms with Crippen LogP contribution < -0.4 is 5.32 Å². The lowest BCUT2D eigenvalue weighted by Crippen LogP contribution is -2.20. The third kappa shape index (κ3) is 3.58. The summed E-state index contributed by atoms with van der Waals surface area (Å²) in [6.45, 7) is 8.46. The quantitative estimate of drug-likeness (QED) is 0.882. The van der Waals surface area contributed by atoms with Crippen LogP contribution in [0.1, 0.15) is 31.1 Å². The van der Waals surface area contributed by atoms with E-state index in [4.69, 9.17) is 11.6 Å². The van der Waals surface area contributed by atoms with Gasteiger partial charge in [0.15, 0.2) is 5.82 Å². The largest absolute Gasteiger partial charge is 0.310 e. The van der Waals surface area contributed by atoms with E-state index in [2.05, 4.69) is 34.3 Å². The minimum Gasteiger partial charge on any atom is -0.310 e. The van der Waals surface area contributed by atoms with Gasteiger partial charge in [-0.25, -0.2) is 9.67 Å².